The largest absolute Gasteiger partial charge is 0.491 e. The van der Waals surface area contributed by atoms with Crippen molar-refractivity contribution in [2.75, 3.05) is 5.32 Å². The molecule has 2 rings (SSSR count). The molecule has 0 saturated heterocycles. The van der Waals surface area contributed by atoms with E-state index in [0.717, 1.165) is 0 Å². The molecular weight excluding hydrogens is 293 g/mol. The van der Waals surface area contributed by atoms with Crippen molar-refractivity contribution in [3.05, 3.63) is 58.9 Å². The van der Waals surface area contributed by atoms with Gasteiger partial charge in [0.2, 0.25) is 0 Å². The lowest BCUT2D eigenvalue weighted by Crippen LogP contribution is -2.12. The highest BCUT2D eigenvalue weighted by molar-refractivity contribution is 6.31. The highest BCUT2D eigenvalue weighted by atomic mass is 35.5. The van der Waals surface area contributed by atoms with E-state index in [1.807, 2.05) is 13.8 Å². The third kappa shape index (κ3) is 4.20. The van der Waals surface area contributed by atoms with Crippen molar-refractivity contribution in [2.45, 2.75) is 20.0 Å². The van der Waals surface area contributed by atoms with Gasteiger partial charge in [-0.3, -0.25) is 4.79 Å². The molecule has 3 nitrogen and oxygen atoms in total. The van der Waals surface area contributed by atoms with Crippen LogP contribution in [0.1, 0.15) is 24.2 Å². The van der Waals surface area contributed by atoms with Gasteiger partial charge < -0.3 is 10.1 Å². The molecule has 0 aliphatic heterocycles. The molecule has 0 heterocycles. The molecule has 0 spiro atoms. The summed E-state index contributed by atoms with van der Waals surface area (Å²) in [5.41, 5.74) is 0.917. The molecule has 0 fully saturated rings. The van der Waals surface area contributed by atoms with Crippen molar-refractivity contribution in [2.24, 2.45) is 0 Å². The monoisotopic (exact) mass is 307 g/mol. The predicted molar refractivity (Wildman–Crippen MR) is 81.6 cm³/mol. The number of benzene rings is 2. The van der Waals surface area contributed by atoms with Crippen LogP contribution in [0.5, 0.6) is 5.75 Å². The summed E-state index contributed by atoms with van der Waals surface area (Å²) in [6.45, 7) is 3.86. The molecule has 1 amide bonds. The van der Waals surface area contributed by atoms with E-state index in [-0.39, 0.29) is 17.0 Å². The summed E-state index contributed by atoms with van der Waals surface area (Å²) in [6.07, 6.45) is 0.0750. The highest BCUT2D eigenvalue weighted by Gasteiger charge is 2.08. The summed E-state index contributed by atoms with van der Waals surface area (Å²) in [7, 11) is 0. The van der Waals surface area contributed by atoms with Gasteiger partial charge in [0.25, 0.3) is 5.91 Å². The van der Waals surface area contributed by atoms with Crippen molar-refractivity contribution in [1.29, 1.82) is 0 Å². The maximum absolute atomic E-state index is 13.0. The Morgan fingerprint density at radius 2 is 1.86 bits per heavy atom. The second-order valence-corrected chi connectivity index (χ2v) is 5.18. The Hall–Kier alpha value is -2.07. The Balaban J connectivity index is 2.07. The van der Waals surface area contributed by atoms with Gasteiger partial charge in [0.15, 0.2) is 0 Å². The topological polar surface area (TPSA) is 38.3 Å². The van der Waals surface area contributed by atoms with Crippen LogP contribution in [-0.4, -0.2) is 12.0 Å². The minimum atomic E-state index is -0.523. The lowest BCUT2D eigenvalue weighted by molar-refractivity contribution is 0.102. The molecule has 0 aliphatic rings. The van der Waals surface area contributed by atoms with Gasteiger partial charge in [-0.1, -0.05) is 11.6 Å². The van der Waals surface area contributed by atoms with Gasteiger partial charge in [-0.25, -0.2) is 4.39 Å². The molecule has 0 radical (unpaired) electrons. The van der Waals surface area contributed by atoms with Crippen LogP contribution < -0.4 is 10.1 Å². The van der Waals surface area contributed by atoms with Crippen LogP contribution in [0, 0.1) is 5.82 Å². The molecule has 0 aliphatic carbocycles. The Morgan fingerprint density at radius 3 is 2.43 bits per heavy atom. The summed E-state index contributed by atoms with van der Waals surface area (Å²) < 4.78 is 18.6. The minimum Gasteiger partial charge on any atom is -0.491 e. The molecule has 2 aromatic rings. The minimum absolute atomic E-state index is 0.0338. The maximum Gasteiger partial charge on any atom is 0.255 e. The van der Waals surface area contributed by atoms with Crippen molar-refractivity contribution in [3.8, 4) is 5.75 Å². The number of rotatable bonds is 4. The van der Waals surface area contributed by atoms with E-state index in [2.05, 4.69) is 5.32 Å². The first-order chi connectivity index (χ1) is 9.95. The fourth-order valence-corrected chi connectivity index (χ4v) is 1.91. The molecule has 0 atom stereocenters. The quantitative estimate of drug-likeness (QED) is 0.902. The molecule has 0 saturated carbocycles. The van der Waals surface area contributed by atoms with E-state index < -0.39 is 5.82 Å². The Bertz CT molecular complexity index is 641. The normalized spacial score (nSPS) is 10.5. The zero-order chi connectivity index (χ0) is 15.4. The van der Waals surface area contributed by atoms with Crippen molar-refractivity contribution in [1.82, 2.24) is 0 Å². The highest BCUT2D eigenvalue weighted by Crippen LogP contribution is 2.20. The van der Waals surface area contributed by atoms with Gasteiger partial charge in [-0.2, -0.15) is 0 Å². The van der Waals surface area contributed by atoms with Gasteiger partial charge in [-0.15, -0.1) is 0 Å². The standard InChI is InChI=1S/C16H15ClFNO2/c1-10(2)21-13-6-3-11(4-7-13)16(20)19-12-5-8-15(18)14(17)9-12/h3-10H,1-2H3,(H,19,20). The van der Waals surface area contributed by atoms with E-state index in [9.17, 15) is 9.18 Å². The second kappa shape index (κ2) is 6.59. The van der Waals surface area contributed by atoms with E-state index in [0.29, 0.717) is 17.0 Å². The number of anilines is 1. The average molecular weight is 308 g/mol. The van der Waals surface area contributed by atoms with Gasteiger partial charge in [-0.05, 0) is 56.3 Å². The molecular formula is C16H15ClFNO2. The number of hydrogen-bond acceptors (Lipinski definition) is 2. The Kier molecular flexibility index (Phi) is 4.81. The third-order valence-corrected chi connectivity index (χ3v) is 2.96. The lowest BCUT2D eigenvalue weighted by Gasteiger charge is -2.10. The predicted octanol–water partition coefficient (Wildman–Crippen LogP) is 4.52. The Morgan fingerprint density at radius 1 is 1.19 bits per heavy atom. The number of amides is 1. The zero-order valence-corrected chi connectivity index (χ0v) is 12.4. The van der Waals surface area contributed by atoms with Crippen LogP contribution in [-0.2, 0) is 0 Å². The van der Waals surface area contributed by atoms with Crippen molar-refractivity contribution < 1.29 is 13.9 Å². The molecule has 110 valence electrons. The van der Waals surface area contributed by atoms with Gasteiger partial charge >= 0.3 is 0 Å². The number of carbonyl (C=O) groups is 1. The molecule has 5 heteroatoms. The van der Waals surface area contributed by atoms with Crippen LogP contribution >= 0.6 is 11.6 Å². The van der Waals surface area contributed by atoms with E-state index >= 15 is 0 Å². The molecule has 0 unspecified atom stereocenters. The van der Waals surface area contributed by atoms with E-state index in [1.54, 1.807) is 24.3 Å². The molecule has 1 N–H and O–H groups in total. The Labute approximate surface area is 127 Å². The van der Waals surface area contributed by atoms with Crippen molar-refractivity contribution in [3.63, 3.8) is 0 Å². The van der Waals surface area contributed by atoms with Gasteiger partial charge in [0.05, 0.1) is 11.1 Å². The van der Waals surface area contributed by atoms with Gasteiger partial charge in [0, 0.05) is 11.3 Å². The first kappa shape index (κ1) is 15.3. The molecule has 0 bridgehead atoms. The number of nitrogens with one attached hydrogen (secondary N) is 1. The summed E-state index contributed by atoms with van der Waals surface area (Å²) in [5, 5.41) is 2.62. The summed E-state index contributed by atoms with van der Waals surface area (Å²) in [5.74, 6) is -0.120. The van der Waals surface area contributed by atoms with Crippen LogP contribution in [0.4, 0.5) is 10.1 Å². The number of hydrogen-bond donors (Lipinski definition) is 1. The summed E-state index contributed by atoms with van der Waals surface area (Å²) in [6, 6.07) is 10.8. The maximum atomic E-state index is 13.0. The SMILES string of the molecule is CC(C)Oc1ccc(C(=O)Nc2ccc(F)c(Cl)c2)cc1. The van der Waals surface area contributed by atoms with Gasteiger partial charge in [0.1, 0.15) is 11.6 Å². The van der Waals surface area contributed by atoms with Crippen LogP contribution in [0.15, 0.2) is 42.5 Å². The molecule has 0 aromatic heterocycles. The van der Waals surface area contributed by atoms with E-state index in [4.69, 9.17) is 16.3 Å². The smallest absolute Gasteiger partial charge is 0.255 e. The fourth-order valence-electron chi connectivity index (χ4n) is 1.73. The van der Waals surface area contributed by atoms with Crippen LogP contribution in [0.2, 0.25) is 5.02 Å². The number of halogens is 2. The molecule has 21 heavy (non-hydrogen) atoms. The third-order valence-electron chi connectivity index (χ3n) is 2.67. The van der Waals surface area contributed by atoms with Crippen LogP contribution in [0.25, 0.3) is 0 Å². The summed E-state index contributed by atoms with van der Waals surface area (Å²) >= 11 is 5.67. The fraction of sp³-hybridized carbons (Fsp3) is 0.188. The summed E-state index contributed by atoms with van der Waals surface area (Å²) in [4.78, 5) is 12.1. The zero-order valence-electron chi connectivity index (χ0n) is 11.7. The van der Waals surface area contributed by atoms with E-state index in [1.165, 1.54) is 18.2 Å². The average Bonchev–Trinajstić information content (AvgIpc) is 2.43. The lowest BCUT2D eigenvalue weighted by atomic mass is 10.2. The first-order valence-electron chi connectivity index (χ1n) is 6.49. The van der Waals surface area contributed by atoms with Crippen molar-refractivity contribution >= 4 is 23.2 Å². The number of ether oxygens (including phenoxy) is 1. The molecule has 2 aromatic carbocycles. The first-order valence-corrected chi connectivity index (χ1v) is 6.86. The second-order valence-electron chi connectivity index (χ2n) is 4.77. The number of carbonyl (C=O) groups excluding carboxylic acids is 1. The van der Waals surface area contributed by atoms with Crippen LogP contribution in [0.3, 0.4) is 0 Å².